The van der Waals surface area contributed by atoms with Gasteiger partial charge in [-0.05, 0) is 35.4 Å². The van der Waals surface area contributed by atoms with Gasteiger partial charge in [0.05, 0.1) is 11.6 Å². The van der Waals surface area contributed by atoms with Crippen LogP contribution in [0.15, 0.2) is 61.2 Å². The molecular weight excluding hydrogens is 278 g/mol. The van der Waals surface area contributed by atoms with Crippen LogP contribution in [-0.2, 0) is 9.53 Å². The van der Waals surface area contributed by atoms with Crippen molar-refractivity contribution in [3.63, 3.8) is 0 Å². The highest BCUT2D eigenvalue weighted by molar-refractivity contribution is 5.81. The van der Waals surface area contributed by atoms with Crippen molar-refractivity contribution in [2.75, 3.05) is 13.2 Å². The Bertz CT molecular complexity index is 682. The highest BCUT2D eigenvalue weighted by Gasteiger charge is 2.00. The highest BCUT2D eigenvalue weighted by Crippen LogP contribution is 2.22. The number of carbonyl (C=O) groups excluding carboxylic acids is 1. The number of ether oxygens (including phenoxy) is 2. The fraction of sp³-hybridized carbons (Fsp3) is 0.111. The molecule has 22 heavy (non-hydrogen) atoms. The number of hydrogen-bond donors (Lipinski definition) is 0. The lowest BCUT2D eigenvalue weighted by atomic mass is 10.0. The van der Waals surface area contributed by atoms with Crippen LogP contribution in [-0.4, -0.2) is 19.2 Å². The first-order chi connectivity index (χ1) is 10.7. The summed E-state index contributed by atoms with van der Waals surface area (Å²) in [6.45, 7) is 3.78. The van der Waals surface area contributed by atoms with Gasteiger partial charge in [0, 0.05) is 6.08 Å². The SMILES string of the molecule is C=CC(=O)OCCOc1ccc(-c2ccc(C#N)cc2)cc1. The Morgan fingerprint density at radius 2 is 1.64 bits per heavy atom. The summed E-state index contributed by atoms with van der Waals surface area (Å²) in [5.74, 6) is 0.242. The van der Waals surface area contributed by atoms with E-state index in [-0.39, 0.29) is 13.2 Å². The van der Waals surface area contributed by atoms with Gasteiger partial charge in [-0.1, -0.05) is 30.8 Å². The third-order valence-electron chi connectivity index (χ3n) is 2.96. The summed E-state index contributed by atoms with van der Waals surface area (Å²) in [6, 6.07) is 17.1. The molecule has 0 unspecified atom stereocenters. The van der Waals surface area contributed by atoms with Gasteiger partial charge < -0.3 is 9.47 Å². The molecule has 2 aromatic carbocycles. The molecule has 0 saturated heterocycles. The van der Waals surface area contributed by atoms with Crippen molar-refractivity contribution in [1.29, 1.82) is 5.26 Å². The summed E-state index contributed by atoms with van der Waals surface area (Å²) in [5.41, 5.74) is 2.71. The fourth-order valence-electron chi connectivity index (χ4n) is 1.84. The Hall–Kier alpha value is -3.06. The van der Waals surface area contributed by atoms with Crippen LogP contribution in [0.3, 0.4) is 0 Å². The predicted octanol–water partition coefficient (Wildman–Crippen LogP) is 3.33. The van der Waals surface area contributed by atoms with Crippen molar-refractivity contribution in [2.45, 2.75) is 0 Å². The molecule has 0 amide bonds. The van der Waals surface area contributed by atoms with E-state index in [9.17, 15) is 4.79 Å². The van der Waals surface area contributed by atoms with E-state index >= 15 is 0 Å². The molecule has 0 aliphatic rings. The fourth-order valence-corrected chi connectivity index (χ4v) is 1.84. The van der Waals surface area contributed by atoms with Crippen LogP contribution in [0.5, 0.6) is 5.75 Å². The van der Waals surface area contributed by atoms with Crippen LogP contribution < -0.4 is 4.74 Å². The molecule has 2 aromatic rings. The number of rotatable bonds is 6. The van der Waals surface area contributed by atoms with Gasteiger partial charge >= 0.3 is 5.97 Å². The number of nitriles is 1. The molecule has 0 aliphatic heterocycles. The summed E-state index contributed by atoms with van der Waals surface area (Å²) in [6.07, 6.45) is 1.12. The van der Waals surface area contributed by atoms with Gasteiger partial charge in [0.25, 0.3) is 0 Å². The minimum absolute atomic E-state index is 0.183. The van der Waals surface area contributed by atoms with Gasteiger partial charge in [-0.2, -0.15) is 5.26 Å². The predicted molar refractivity (Wildman–Crippen MR) is 83.2 cm³/mol. The molecule has 0 spiro atoms. The van der Waals surface area contributed by atoms with E-state index in [1.54, 1.807) is 12.1 Å². The lowest BCUT2D eigenvalue weighted by Crippen LogP contribution is -2.10. The van der Waals surface area contributed by atoms with E-state index in [1.807, 2.05) is 36.4 Å². The van der Waals surface area contributed by atoms with Crippen LogP contribution in [0, 0.1) is 11.3 Å². The van der Waals surface area contributed by atoms with Gasteiger partial charge in [0.2, 0.25) is 0 Å². The first-order valence-electron chi connectivity index (χ1n) is 6.75. The van der Waals surface area contributed by atoms with E-state index in [4.69, 9.17) is 14.7 Å². The number of hydrogen-bond acceptors (Lipinski definition) is 4. The summed E-state index contributed by atoms with van der Waals surface area (Å²) >= 11 is 0. The topological polar surface area (TPSA) is 59.3 Å². The zero-order valence-electron chi connectivity index (χ0n) is 12.0. The molecule has 0 bridgehead atoms. The Balaban J connectivity index is 1.91. The van der Waals surface area contributed by atoms with Crippen molar-refractivity contribution in [1.82, 2.24) is 0 Å². The molecule has 2 rings (SSSR count). The maximum atomic E-state index is 10.9. The molecule has 110 valence electrons. The molecule has 0 aliphatic carbocycles. The van der Waals surface area contributed by atoms with E-state index in [2.05, 4.69) is 12.6 Å². The molecular formula is C18H15NO3. The highest BCUT2D eigenvalue weighted by atomic mass is 16.6. The Labute approximate surface area is 129 Å². The van der Waals surface area contributed by atoms with Gasteiger partial charge in [-0.3, -0.25) is 0 Å². The summed E-state index contributed by atoms with van der Waals surface area (Å²) < 4.78 is 10.3. The second-order valence-corrected chi connectivity index (χ2v) is 4.43. The molecule has 0 heterocycles. The molecule has 4 heteroatoms. The maximum Gasteiger partial charge on any atom is 0.330 e. The lowest BCUT2D eigenvalue weighted by molar-refractivity contribution is -0.138. The molecule has 4 nitrogen and oxygen atoms in total. The minimum Gasteiger partial charge on any atom is -0.490 e. The molecule has 0 fully saturated rings. The van der Waals surface area contributed by atoms with Crippen LogP contribution >= 0.6 is 0 Å². The van der Waals surface area contributed by atoms with Crippen molar-refractivity contribution < 1.29 is 14.3 Å². The zero-order valence-corrected chi connectivity index (χ0v) is 12.0. The number of esters is 1. The third kappa shape index (κ3) is 4.22. The first-order valence-corrected chi connectivity index (χ1v) is 6.75. The average Bonchev–Trinajstić information content (AvgIpc) is 2.59. The average molecular weight is 293 g/mol. The maximum absolute atomic E-state index is 10.9. The molecule has 0 saturated carbocycles. The Kier molecular flexibility index (Phi) is 5.33. The number of benzene rings is 2. The van der Waals surface area contributed by atoms with E-state index < -0.39 is 5.97 Å². The second-order valence-electron chi connectivity index (χ2n) is 4.43. The van der Waals surface area contributed by atoms with Crippen LogP contribution in [0.4, 0.5) is 0 Å². The monoisotopic (exact) mass is 293 g/mol. The third-order valence-corrected chi connectivity index (χ3v) is 2.96. The van der Waals surface area contributed by atoms with E-state index in [1.165, 1.54) is 0 Å². The van der Waals surface area contributed by atoms with Crippen molar-refractivity contribution >= 4 is 5.97 Å². The molecule has 0 N–H and O–H groups in total. The quantitative estimate of drug-likeness (QED) is 0.465. The molecule has 0 atom stereocenters. The van der Waals surface area contributed by atoms with Crippen LogP contribution in [0.2, 0.25) is 0 Å². The van der Waals surface area contributed by atoms with Gasteiger partial charge in [-0.15, -0.1) is 0 Å². The standard InChI is InChI=1S/C18H15NO3/c1-2-18(20)22-12-11-21-17-9-7-16(8-10-17)15-5-3-14(13-19)4-6-15/h2-10H,1,11-12H2. The van der Waals surface area contributed by atoms with Crippen molar-refractivity contribution in [3.05, 3.63) is 66.7 Å². The van der Waals surface area contributed by atoms with Gasteiger partial charge in [-0.25, -0.2) is 4.79 Å². The largest absolute Gasteiger partial charge is 0.490 e. The van der Waals surface area contributed by atoms with Gasteiger partial charge in [0.1, 0.15) is 19.0 Å². The normalized spacial score (nSPS) is 9.59. The Morgan fingerprint density at radius 3 is 2.18 bits per heavy atom. The Morgan fingerprint density at radius 1 is 1.05 bits per heavy atom. The van der Waals surface area contributed by atoms with E-state index in [0.29, 0.717) is 11.3 Å². The van der Waals surface area contributed by atoms with Crippen molar-refractivity contribution in [2.24, 2.45) is 0 Å². The number of nitrogens with zero attached hydrogens (tertiary/aromatic N) is 1. The zero-order chi connectivity index (χ0) is 15.8. The smallest absolute Gasteiger partial charge is 0.330 e. The number of carbonyl (C=O) groups is 1. The van der Waals surface area contributed by atoms with Crippen LogP contribution in [0.1, 0.15) is 5.56 Å². The summed E-state index contributed by atoms with van der Waals surface area (Å²) in [4.78, 5) is 10.9. The lowest BCUT2D eigenvalue weighted by Gasteiger charge is -2.07. The summed E-state index contributed by atoms with van der Waals surface area (Å²) in [5, 5.41) is 8.79. The van der Waals surface area contributed by atoms with Crippen molar-refractivity contribution in [3.8, 4) is 22.9 Å². The van der Waals surface area contributed by atoms with E-state index in [0.717, 1.165) is 17.2 Å². The van der Waals surface area contributed by atoms with Crippen LogP contribution in [0.25, 0.3) is 11.1 Å². The molecule has 0 radical (unpaired) electrons. The molecule has 0 aromatic heterocycles. The minimum atomic E-state index is -0.459. The summed E-state index contributed by atoms with van der Waals surface area (Å²) in [7, 11) is 0. The second kappa shape index (κ2) is 7.65. The van der Waals surface area contributed by atoms with Gasteiger partial charge in [0.15, 0.2) is 0 Å². The first kappa shape index (κ1) is 15.3.